The maximum absolute atomic E-state index is 11.3. The summed E-state index contributed by atoms with van der Waals surface area (Å²) in [5, 5.41) is 11.2. The third kappa shape index (κ3) is 4.20. The fraction of sp³-hybridized carbons (Fsp3) is 0.429. The van der Waals surface area contributed by atoms with E-state index in [1.807, 2.05) is 31.2 Å². The molecule has 0 aromatic heterocycles. The monoisotopic (exact) mass is 249 g/mol. The van der Waals surface area contributed by atoms with Crippen LogP contribution in [-0.2, 0) is 9.59 Å². The highest BCUT2D eigenvalue weighted by atomic mass is 16.4. The molecular formula is C14H19NO3. The van der Waals surface area contributed by atoms with Crippen molar-refractivity contribution in [3.63, 3.8) is 0 Å². The van der Waals surface area contributed by atoms with E-state index >= 15 is 0 Å². The number of hydrogen-bond donors (Lipinski definition) is 2. The summed E-state index contributed by atoms with van der Waals surface area (Å²) >= 11 is 0. The van der Waals surface area contributed by atoms with Gasteiger partial charge in [0, 0.05) is 0 Å². The SMILES string of the molecule is CC(C)c1ccc(C(C)NC(=O)CC(=O)O)cc1. The van der Waals surface area contributed by atoms with Crippen molar-refractivity contribution in [3.05, 3.63) is 35.4 Å². The van der Waals surface area contributed by atoms with E-state index in [-0.39, 0.29) is 6.04 Å². The average Bonchev–Trinajstić information content (AvgIpc) is 2.27. The van der Waals surface area contributed by atoms with Crippen molar-refractivity contribution in [3.8, 4) is 0 Å². The van der Waals surface area contributed by atoms with Gasteiger partial charge in [0.25, 0.3) is 0 Å². The molecule has 0 aliphatic heterocycles. The number of hydrogen-bond acceptors (Lipinski definition) is 2. The maximum atomic E-state index is 11.3. The first-order valence-electron chi connectivity index (χ1n) is 6.01. The Balaban J connectivity index is 2.64. The summed E-state index contributed by atoms with van der Waals surface area (Å²) in [7, 11) is 0. The molecule has 4 nitrogen and oxygen atoms in total. The van der Waals surface area contributed by atoms with E-state index < -0.39 is 18.3 Å². The highest BCUT2D eigenvalue weighted by molar-refractivity contribution is 5.93. The Morgan fingerprint density at radius 3 is 2.06 bits per heavy atom. The van der Waals surface area contributed by atoms with Crippen LogP contribution in [0.1, 0.15) is 50.3 Å². The van der Waals surface area contributed by atoms with Crippen molar-refractivity contribution in [1.82, 2.24) is 5.32 Å². The van der Waals surface area contributed by atoms with Crippen LogP contribution >= 0.6 is 0 Å². The van der Waals surface area contributed by atoms with Crippen LogP contribution in [0.5, 0.6) is 0 Å². The van der Waals surface area contributed by atoms with Crippen molar-refractivity contribution in [2.24, 2.45) is 0 Å². The van der Waals surface area contributed by atoms with Crippen molar-refractivity contribution in [1.29, 1.82) is 0 Å². The number of carbonyl (C=O) groups is 2. The van der Waals surface area contributed by atoms with Crippen LogP contribution in [-0.4, -0.2) is 17.0 Å². The molecule has 1 aromatic rings. The number of carboxylic acid groups (broad SMARTS) is 1. The summed E-state index contributed by atoms with van der Waals surface area (Å²) < 4.78 is 0. The molecule has 98 valence electrons. The number of amides is 1. The van der Waals surface area contributed by atoms with Gasteiger partial charge in [-0.25, -0.2) is 0 Å². The number of carboxylic acids is 1. The highest BCUT2D eigenvalue weighted by Crippen LogP contribution is 2.18. The Labute approximate surface area is 107 Å². The molecule has 1 atom stereocenters. The molecule has 4 heteroatoms. The topological polar surface area (TPSA) is 66.4 Å². The zero-order valence-electron chi connectivity index (χ0n) is 10.9. The summed E-state index contributed by atoms with van der Waals surface area (Å²) in [6.45, 7) is 6.07. The van der Waals surface area contributed by atoms with Crippen molar-refractivity contribution in [2.45, 2.75) is 39.2 Å². The van der Waals surface area contributed by atoms with Gasteiger partial charge in [-0.15, -0.1) is 0 Å². The second kappa shape index (κ2) is 6.19. The second-order valence-corrected chi connectivity index (χ2v) is 4.68. The van der Waals surface area contributed by atoms with E-state index in [1.54, 1.807) is 0 Å². The van der Waals surface area contributed by atoms with Gasteiger partial charge in [0.2, 0.25) is 5.91 Å². The van der Waals surface area contributed by atoms with E-state index in [0.29, 0.717) is 5.92 Å². The second-order valence-electron chi connectivity index (χ2n) is 4.68. The molecule has 1 rings (SSSR count). The summed E-state index contributed by atoms with van der Waals surface area (Å²) in [6.07, 6.45) is -0.492. The van der Waals surface area contributed by atoms with Gasteiger partial charge in [0.05, 0.1) is 6.04 Å². The molecule has 1 aromatic carbocycles. The summed E-state index contributed by atoms with van der Waals surface area (Å²) in [4.78, 5) is 21.7. The molecular weight excluding hydrogens is 230 g/mol. The molecule has 0 aliphatic rings. The predicted octanol–water partition coefficient (Wildman–Crippen LogP) is 2.46. The van der Waals surface area contributed by atoms with Gasteiger partial charge in [0.1, 0.15) is 6.42 Å². The quantitative estimate of drug-likeness (QED) is 0.788. The summed E-state index contributed by atoms with van der Waals surface area (Å²) in [5.41, 5.74) is 2.21. The summed E-state index contributed by atoms with van der Waals surface area (Å²) in [5.74, 6) is -1.12. The highest BCUT2D eigenvalue weighted by Gasteiger charge is 2.12. The fourth-order valence-corrected chi connectivity index (χ4v) is 1.68. The van der Waals surface area contributed by atoms with Crippen LogP contribution in [0, 0.1) is 0 Å². The third-order valence-electron chi connectivity index (χ3n) is 2.79. The molecule has 0 saturated heterocycles. The normalized spacial score (nSPS) is 12.2. The Bertz CT molecular complexity index is 423. The first kappa shape index (κ1) is 14.2. The Morgan fingerprint density at radius 1 is 1.11 bits per heavy atom. The lowest BCUT2D eigenvalue weighted by Gasteiger charge is -2.15. The minimum absolute atomic E-state index is 0.182. The van der Waals surface area contributed by atoms with E-state index in [4.69, 9.17) is 5.11 Å². The van der Waals surface area contributed by atoms with Gasteiger partial charge in [0.15, 0.2) is 0 Å². The molecule has 1 amide bonds. The molecule has 0 bridgehead atoms. The molecule has 0 saturated carbocycles. The van der Waals surface area contributed by atoms with E-state index in [1.165, 1.54) is 5.56 Å². The van der Waals surface area contributed by atoms with Crippen LogP contribution < -0.4 is 5.32 Å². The molecule has 2 N–H and O–H groups in total. The van der Waals surface area contributed by atoms with Crippen molar-refractivity contribution >= 4 is 11.9 Å². The van der Waals surface area contributed by atoms with Gasteiger partial charge < -0.3 is 10.4 Å². The molecule has 0 heterocycles. The van der Waals surface area contributed by atoms with Crippen LogP contribution in [0.25, 0.3) is 0 Å². The van der Waals surface area contributed by atoms with Gasteiger partial charge in [-0.2, -0.15) is 0 Å². The number of rotatable bonds is 5. The lowest BCUT2D eigenvalue weighted by Crippen LogP contribution is -2.28. The average molecular weight is 249 g/mol. The third-order valence-corrected chi connectivity index (χ3v) is 2.79. The van der Waals surface area contributed by atoms with Gasteiger partial charge >= 0.3 is 5.97 Å². The van der Waals surface area contributed by atoms with Crippen molar-refractivity contribution in [2.75, 3.05) is 0 Å². The minimum Gasteiger partial charge on any atom is -0.481 e. The van der Waals surface area contributed by atoms with Crippen LogP contribution in [0.15, 0.2) is 24.3 Å². The Hall–Kier alpha value is -1.84. The fourth-order valence-electron chi connectivity index (χ4n) is 1.68. The van der Waals surface area contributed by atoms with Gasteiger partial charge in [-0.05, 0) is 24.0 Å². The first-order valence-corrected chi connectivity index (χ1v) is 6.01. The van der Waals surface area contributed by atoms with Crippen molar-refractivity contribution < 1.29 is 14.7 Å². The lowest BCUT2D eigenvalue weighted by molar-refractivity contribution is -0.140. The van der Waals surface area contributed by atoms with E-state index in [2.05, 4.69) is 19.2 Å². The zero-order valence-corrected chi connectivity index (χ0v) is 10.9. The van der Waals surface area contributed by atoms with E-state index in [0.717, 1.165) is 5.56 Å². The molecule has 1 unspecified atom stereocenters. The smallest absolute Gasteiger partial charge is 0.312 e. The Kier molecular flexibility index (Phi) is 4.89. The number of carbonyl (C=O) groups excluding carboxylic acids is 1. The van der Waals surface area contributed by atoms with Gasteiger partial charge in [-0.1, -0.05) is 38.1 Å². The molecule has 18 heavy (non-hydrogen) atoms. The molecule has 0 spiro atoms. The first-order chi connectivity index (χ1) is 8.40. The number of aliphatic carboxylic acids is 1. The van der Waals surface area contributed by atoms with Gasteiger partial charge in [-0.3, -0.25) is 9.59 Å². The standard InChI is InChI=1S/C14H19NO3/c1-9(2)11-4-6-12(7-5-11)10(3)15-13(16)8-14(17)18/h4-7,9-10H,8H2,1-3H3,(H,15,16)(H,17,18). The van der Waals surface area contributed by atoms with E-state index in [9.17, 15) is 9.59 Å². The number of benzene rings is 1. The largest absolute Gasteiger partial charge is 0.481 e. The zero-order chi connectivity index (χ0) is 13.7. The maximum Gasteiger partial charge on any atom is 0.312 e. The predicted molar refractivity (Wildman–Crippen MR) is 69.3 cm³/mol. The summed E-state index contributed by atoms with van der Waals surface area (Å²) in [6, 6.07) is 7.79. The molecule has 0 radical (unpaired) electrons. The van der Waals surface area contributed by atoms with Crippen LogP contribution in [0.4, 0.5) is 0 Å². The Morgan fingerprint density at radius 2 is 1.61 bits per heavy atom. The van der Waals surface area contributed by atoms with Crippen LogP contribution in [0.3, 0.4) is 0 Å². The molecule has 0 aliphatic carbocycles. The lowest BCUT2D eigenvalue weighted by atomic mass is 9.99. The number of nitrogens with one attached hydrogen (secondary N) is 1. The minimum atomic E-state index is -1.12. The van der Waals surface area contributed by atoms with Crippen LogP contribution in [0.2, 0.25) is 0 Å². The molecule has 0 fully saturated rings.